The van der Waals surface area contributed by atoms with Gasteiger partial charge in [0.15, 0.2) is 0 Å². The molecule has 33 heavy (non-hydrogen) atoms. The molecule has 0 unspecified atom stereocenters. The molecule has 3 aromatic rings. The summed E-state index contributed by atoms with van der Waals surface area (Å²) in [6.07, 6.45) is 1.69. The molecule has 1 aliphatic heterocycles. The lowest BCUT2D eigenvalue weighted by Crippen LogP contribution is -2.39. The number of likely N-dealkylation sites (tertiary alicyclic amines) is 1. The fourth-order valence-corrected chi connectivity index (χ4v) is 3.87. The average Bonchev–Trinajstić information content (AvgIpc) is 3.29. The molecule has 9 heteroatoms. The van der Waals surface area contributed by atoms with Gasteiger partial charge in [0.2, 0.25) is 23.5 Å². The van der Waals surface area contributed by atoms with E-state index in [4.69, 9.17) is 4.52 Å². The number of carbonyl (C=O) groups is 3. The summed E-state index contributed by atoms with van der Waals surface area (Å²) >= 11 is 0. The first-order valence-electron chi connectivity index (χ1n) is 10.8. The van der Waals surface area contributed by atoms with Crippen LogP contribution in [-0.2, 0) is 9.59 Å². The predicted octanol–water partition coefficient (Wildman–Crippen LogP) is 3.67. The zero-order valence-corrected chi connectivity index (χ0v) is 18.5. The van der Waals surface area contributed by atoms with E-state index >= 15 is 0 Å². The number of nitrogens with zero attached hydrogens (tertiary/aromatic N) is 3. The monoisotopic (exact) mass is 447 g/mol. The standard InChI is InChI=1S/C24H25N5O4/c1-15(30)25-20-9-5-17(6-10-20)22-27-23(33-28-22)19-4-3-13-29(14-19)24(32)18-7-11-21(12-8-18)26-16(2)31/h5-12,19H,3-4,13-14H2,1-2H3,(H,25,30)(H,26,31)/t19-/m1/s1. The highest BCUT2D eigenvalue weighted by Gasteiger charge is 2.29. The molecule has 0 aliphatic carbocycles. The molecule has 170 valence electrons. The largest absolute Gasteiger partial charge is 0.339 e. The first kappa shape index (κ1) is 22.2. The zero-order chi connectivity index (χ0) is 23.4. The molecule has 2 aromatic carbocycles. The van der Waals surface area contributed by atoms with Gasteiger partial charge in [0, 0.05) is 49.4 Å². The summed E-state index contributed by atoms with van der Waals surface area (Å²) in [4.78, 5) is 41.7. The molecule has 1 aliphatic rings. The summed E-state index contributed by atoms with van der Waals surface area (Å²) in [5.41, 5.74) is 2.69. The van der Waals surface area contributed by atoms with Crippen LogP contribution < -0.4 is 10.6 Å². The van der Waals surface area contributed by atoms with E-state index in [2.05, 4.69) is 20.8 Å². The Bertz CT molecular complexity index is 1150. The van der Waals surface area contributed by atoms with E-state index < -0.39 is 0 Å². The van der Waals surface area contributed by atoms with E-state index in [-0.39, 0.29) is 23.6 Å². The Morgan fingerprint density at radius 3 is 2.15 bits per heavy atom. The van der Waals surface area contributed by atoms with Gasteiger partial charge in [0.1, 0.15) is 0 Å². The molecule has 9 nitrogen and oxygen atoms in total. The number of nitrogens with one attached hydrogen (secondary N) is 2. The van der Waals surface area contributed by atoms with Crippen LogP contribution in [-0.4, -0.2) is 45.9 Å². The van der Waals surface area contributed by atoms with Gasteiger partial charge in [0.25, 0.3) is 5.91 Å². The van der Waals surface area contributed by atoms with E-state index in [0.717, 1.165) is 18.4 Å². The van der Waals surface area contributed by atoms with Crippen molar-refractivity contribution in [1.82, 2.24) is 15.0 Å². The van der Waals surface area contributed by atoms with Crippen LogP contribution in [0.2, 0.25) is 0 Å². The minimum absolute atomic E-state index is 0.0405. The highest BCUT2D eigenvalue weighted by Crippen LogP contribution is 2.29. The fraction of sp³-hybridized carbons (Fsp3) is 0.292. The molecular formula is C24H25N5O4. The number of anilines is 2. The predicted molar refractivity (Wildman–Crippen MR) is 123 cm³/mol. The average molecular weight is 447 g/mol. The molecule has 1 saturated heterocycles. The zero-order valence-electron chi connectivity index (χ0n) is 18.5. The van der Waals surface area contributed by atoms with Crippen LogP contribution in [0.3, 0.4) is 0 Å². The lowest BCUT2D eigenvalue weighted by Gasteiger charge is -2.31. The summed E-state index contributed by atoms with van der Waals surface area (Å²) in [6, 6.07) is 14.1. The van der Waals surface area contributed by atoms with E-state index in [1.807, 2.05) is 12.1 Å². The molecule has 1 aromatic heterocycles. The van der Waals surface area contributed by atoms with E-state index in [0.29, 0.717) is 41.7 Å². The number of hydrogen-bond acceptors (Lipinski definition) is 6. The van der Waals surface area contributed by atoms with Crippen molar-refractivity contribution in [1.29, 1.82) is 0 Å². The van der Waals surface area contributed by atoms with Crippen LogP contribution in [0, 0.1) is 0 Å². The van der Waals surface area contributed by atoms with Gasteiger partial charge in [-0.15, -0.1) is 0 Å². The first-order chi connectivity index (χ1) is 15.9. The molecule has 3 amide bonds. The van der Waals surface area contributed by atoms with Gasteiger partial charge in [0.05, 0.1) is 5.92 Å². The third-order valence-electron chi connectivity index (χ3n) is 5.42. The topological polar surface area (TPSA) is 117 Å². The molecule has 0 spiro atoms. The lowest BCUT2D eigenvalue weighted by molar-refractivity contribution is -0.115. The normalized spacial score (nSPS) is 15.7. The van der Waals surface area contributed by atoms with Crippen LogP contribution >= 0.6 is 0 Å². The molecule has 1 atom stereocenters. The van der Waals surface area contributed by atoms with E-state index in [1.165, 1.54) is 13.8 Å². The maximum absolute atomic E-state index is 13.0. The molecular weight excluding hydrogens is 422 g/mol. The molecule has 4 rings (SSSR count). The van der Waals surface area contributed by atoms with Gasteiger partial charge in [-0.05, 0) is 61.4 Å². The maximum Gasteiger partial charge on any atom is 0.253 e. The molecule has 0 bridgehead atoms. The number of hydrogen-bond donors (Lipinski definition) is 2. The highest BCUT2D eigenvalue weighted by molar-refractivity contribution is 5.95. The van der Waals surface area contributed by atoms with Crippen LogP contribution in [0.1, 0.15) is 48.9 Å². The van der Waals surface area contributed by atoms with Gasteiger partial charge in [-0.1, -0.05) is 5.16 Å². The molecule has 0 saturated carbocycles. The summed E-state index contributed by atoms with van der Waals surface area (Å²) in [5, 5.41) is 9.52. The van der Waals surface area contributed by atoms with Crippen molar-refractivity contribution in [2.24, 2.45) is 0 Å². The van der Waals surface area contributed by atoms with Crippen molar-refractivity contribution in [2.45, 2.75) is 32.6 Å². The smallest absolute Gasteiger partial charge is 0.253 e. The number of carbonyl (C=O) groups excluding carboxylic acids is 3. The van der Waals surface area contributed by atoms with Gasteiger partial charge in [-0.3, -0.25) is 14.4 Å². The summed E-state index contributed by atoms with van der Waals surface area (Å²) in [7, 11) is 0. The second-order valence-corrected chi connectivity index (χ2v) is 8.06. The Hall–Kier alpha value is -4.01. The van der Waals surface area contributed by atoms with Crippen LogP contribution in [0.4, 0.5) is 11.4 Å². The van der Waals surface area contributed by atoms with Crippen LogP contribution in [0.5, 0.6) is 0 Å². The van der Waals surface area contributed by atoms with Crippen molar-refractivity contribution in [3.63, 3.8) is 0 Å². The van der Waals surface area contributed by atoms with E-state index in [1.54, 1.807) is 41.3 Å². The number of amides is 3. The van der Waals surface area contributed by atoms with Crippen LogP contribution in [0.15, 0.2) is 53.1 Å². The fourth-order valence-electron chi connectivity index (χ4n) is 3.87. The number of piperidine rings is 1. The van der Waals surface area contributed by atoms with Crippen molar-refractivity contribution in [3.8, 4) is 11.4 Å². The van der Waals surface area contributed by atoms with Crippen molar-refractivity contribution >= 4 is 29.1 Å². The Balaban J connectivity index is 1.42. The first-order valence-corrected chi connectivity index (χ1v) is 10.8. The summed E-state index contributed by atoms with van der Waals surface area (Å²) < 4.78 is 5.53. The van der Waals surface area contributed by atoms with Gasteiger partial charge < -0.3 is 20.1 Å². The third kappa shape index (κ3) is 5.43. The Labute approximate surface area is 191 Å². The van der Waals surface area contributed by atoms with Crippen molar-refractivity contribution in [3.05, 3.63) is 60.0 Å². The molecule has 1 fully saturated rings. The van der Waals surface area contributed by atoms with Crippen molar-refractivity contribution < 1.29 is 18.9 Å². The Morgan fingerprint density at radius 1 is 0.939 bits per heavy atom. The number of benzene rings is 2. The molecule has 2 N–H and O–H groups in total. The third-order valence-corrected chi connectivity index (χ3v) is 5.42. The maximum atomic E-state index is 13.0. The number of rotatable bonds is 5. The second-order valence-electron chi connectivity index (χ2n) is 8.06. The minimum atomic E-state index is -0.157. The summed E-state index contributed by atoms with van der Waals surface area (Å²) in [6.45, 7) is 4.05. The minimum Gasteiger partial charge on any atom is -0.339 e. The summed E-state index contributed by atoms with van der Waals surface area (Å²) in [5.74, 6) is 0.578. The molecule has 0 radical (unpaired) electrons. The van der Waals surface area contributed by atoms with Crippen molar-refractivity contribution in [2.75, 3.05) is 23.7 Å². The SMILES string of the molecule is CC(=O)Nc1ccc(C(=O)N2CCC[C@@H](c3nc(-c4ccc(NC(C)=O)cc4)no3)C2)cc1. The molecule has 2 heterocycles. The lowest BCUT2D eigenvalue weighted by atomic mass is 9.97. The van der Waals surface area contributed by atoms with Crippen LogP contribution in [0.25, 0.3) is 11.4 Å². The second kappa shape index (κ2) is 9.64. The van der Waals surface area contributed by atoms with Gasteiger partial charge in [-0.25, -0.2) is 0 Å². The number of aromatic nitrogens is 2. The van der Waals surface area contributed by atoms with Gasteiger partial charge >= 0.3 is 0 Å². The Kier molecular flexibility index (Phi) is 6.48. The highest BCUT2D eigenvalue weighted by atomic mass is 16.5. The quantitative estimate of drug-likeness (QED) is 0.616. The van der Waals surface area contributed by atoms with Gasteiger partial charge in [-0.2, -0.15) is 4.98 Å². The Morgan fingerprint density at radius 2 is 1.55 bits per heavy atom. The van der Waals surface area contributed by atoms with E-state index in [9.17, 15) is 14.4 Å².